The van der Waals surface area contributed by atoms with Gasteiger partial charge in [-0.15, -0.1) is 0 Å². The van der Waals surface area contributed by atoms with E-state index in [0.717, 1.165) is 18.5 Å². The quantitative estimate of drug-likeness (QED) is 0.708. The van der Waals surface area contributed by atoms with E-state index < -0.39 is 5.91 Å². The molecule has 0 aromatic heterocycles. The summed E-state index contributed by atoms with van der Waals surface area (Å²) < 4.78 is 0. The maximum Gasteiger partial charge on any atom is 0.250 e. The fourth-order valence-electron chi connectivity index (χ4n) is 1.93. The van der Waals surface area contributed by atoms with Crippen LogP contribution in [0.5, 0.6) is 0 Å². The zero-order chi connectivity index (χ0) is 11.6. The first-order valence-electron chi connectivity index (χ1n) is 5.52. The summed E-state index contributed by atoms with van der Waals surface area (Å²) in [5.41, 5.74) is 12.6. The molecule has 16 heavy (non-hydrogen) atoms. The lowest BCUT2D eigenvalue weighted by Crippen LogP contribution is -2.52. The van der Waals surface area contributed by atoms with Crippen molar-refractivity contribution in [2.75, 3.05) is 11.9 Å². The summed E-state index contributed by atoms with van der Waals surface area (Å²) in [6, 6.07) is 7.24. The van der Waals surface area contributed by atoms with Gasteiger partial charge in [-0.3, -0.25) is 4.79 Å². The maximum absolute atomic E-state index is 11.2. The van der Waals surface area contributed by atoms with Crippen molar-refractivity contribution in [3.05, 3.63) is 29.8 Å². The van der Waals surface area contributed by atoms with Crippen molar-refractivity contribution in [1.29, 1.82) is 0 Å². The van der Waals surface area contributed by atoms with Crippen LogP contribution in [0.4, 0.5) is 5.69 Å². The Morgan fingerprint density at radius 1 is 1.38 bits per heavy atom. The van der Waals surface area contributed by atoms with Gasteiger partial charge in [0.2, 0.25) is 0 Å². The number of carbonyl (C=O) groups excluding carboxylic acids is 1. The third kappa shape index (κ3) is 2.17. The van der Waals surface area contributed by atoms with E-state index in [0.29, 0.717) is 12.1 Å². The number of anilines is 1. The van der Waals surface area contributed by atoms with Crippen molar-refractivity contribution < 1.29 is 4.79 Å². The lowest BCUT2D eigenvalue weighted by Gasteiger charge is -2.38. The van der Waals surface area contributed by atoms with Crippen LogP contribution in [0, 0.1) is 0 Å². The van der Waals surface area contributed by atoms with Crippen LogP contribution in [0.25, 0.3) is 0 Å². The van der Waals surface area contributed by atoms with Gasteiger partial charge in [-0.2, -0.15) is 0 Å². The van der Waals surface area contributed by atoms with Gasteiger partial charge in [0.05, 0.1) is 5.56 Å². The predicted molar refractivity (Wildman–Crippen MR) is 64.2 cm³/mol. The van der Waals surface area contributed by atoms with Gasteiger partial charge in [-0.05, 0) is 31.4 Å². The summed E-state index contributed by atoms with van der Waals surface area (Å²) in [6.45, 7) is 0.692. The zero-order valence-electron chi connectivity index (χ0n) is 9.20. The topological polar surface area (TPSA) is 81.1 Å². The highest BCUT2D eigenvalue weighted by Crippen LogP contribution is 2.29. The Labute approximate surface area is 95.0 Å². The standard InChI is InChI=1S/C12H17N3O/c13-11(16)9-4-1-2-5-10(9)15-8-12(14)6-3-7-12/h1-2,4-5,15H,3,6-8,14H2,(H2,13,16). The number of amides is 1. The van der Waals surface area contributed by atoms with Crippen molar-refractivity contribution in [3.8, 4) is 0 Å². The number of hydrogen-bond acceptors (Lipinski definition) is 3. The Balaban J connectivity index is 2.06. The minimum absolute atomic E-state index is 0.106. The average molecular weight is 219 g/mol. The lowest BCUT2D eigenvalue weighted by molar-refractivity contribution is 0.100. The highest BCUT2D eigenvalue weighted by Gasteiger charge is 2.32. The molecule has 0 heterocycles. The van der Waals surface area contributed by atoms with E-state index in [1.54, 1.807) is 12.1 Å². The fraction of sp³-hybridized carbons (Fsp3) is 0.417. The smallest absolute Gasteiger partial charge is 0.250 e. The van der Waals surface area contributed by atoms with Gasteiger partial charge < -0.3 is 16.8 Å². The van der Waals surface area contributed by atoms with Crippen LogP contribution in [0.3, 0.4) is 0 Å². The highest BCUT2D eigenvalue weighted by molar-refractivity contribution is 5.98. The first-order chi connectivity index (χ1) is 7.61. The number of rotatable bonds is 4. The molecule has 0 radical (unpaired) electrons. The minimum atomic E-state index is -0.414. The van der Waals surface area contributed by atoms with E-state index >= 15 is 0 Å². The molecule has 2 rings (SSSR count). The third-order valence-corrected chi connectivity index (χ3v) is 3.17. The molecule has 0 unspecified atom stereocenters. The van der Waals surface area contributed by atoms with Gasteiger partial charge in [0.25, 0.3) is 5.91 Å². The molecule has 1 amide bonds. The van der Waals surface area contributed by atoms with Crippen LogP contribution in [-0.2, 0) is 0 Å². The van der Waals surface area contributed by atoms with Crippen molar-refractivity contribution in [2.45, 2.75) is 24.8 Å². The molecule has 0 atom stereocenters. The molecular formula is C12H17N3O. The molecule has 0 saturated heterocycles. The van der Waals surface area contributed by atoms with Gasteiger partial charge in [-0.1, -0.05) is 12.1 Å². The molecule has 0 bridgehead atoms. The Bertz CT molecular complexity index is 399. The molecule has 5 N–H and O–H groups in total. The molecule has 1 aliphatic rings. The van der Waals surface area contributed by atoms with Crippen LogP contribution in [0.1, 0.15) is 29.6 Å². The number of para-hydroxylation sites is 1. The molecular weight excluding hydrogens is 202 g/mol. The second-order valence-corrected chi connectivity index (χ2v) is 4.48. The summed E-state index contributed by atoms with van der Waals surface area (Å²) in [6.07, 6.45) is 3.27. The average Bonchev–Trinajstić information content (AvgIpc) is 2.24. The Morgan fingerprint density at radius 3 is 2.62 bits per heavy atom. The number of carbonyl (C=O) groups is 1. The van der Waals surface area contributed by atoms with Gasteiger partial charge in [0.15, 0.2) is 0 Å². The second kappa shape index (κ2) is 4.14. The second-order valence-electron chi connectivity index (χ2n) is 4.48. The summed E-state index contributed by atoms with van der Waals surface area (Å²) in [4.78, 5) is 11.2. The molecule has 1 saturated carbocycles. The van der Waals surface area contributed by atoms with Gasteiger partial charge in [0, 0.05) is 17.8 Å². The van der Waals surface area contributed by atoms with Crippen LogP contribution < -0.4 is 16.8 Å². The van der Waals surface area contributed by atoms with Crippen LogP contribution in [0.2, 0.25) is 0 Å². The normalized spacial score (nSPS) is 17.6. The summed E-state index contributed by atoms with van der Waals surface area (Å²) >= 11 is 0. The number of nitrogens with one attached hydrogen (secondary N) is 1. The van der Waals surface area contributed by atoms with Crippen LogP contribution in [-0.4, -0.2) is 18.0 Å². The van der Waals surface area contributed by atoms with Gasteiger partial charge >= 0.3 is 0 Å². The van der Waals surface area contributed by atoms with E-state index in [-0.39, 0.29) is 5.54 Å². The van der Waals surface area contributed by atoms with E-state index in [2.05, 4.69) is 5.32 Å². The van der Waals surface area contributed by atoms with Gasteiger partial charge in [-0.25, -0.2) is 0 Å². The lowest BCUT2D eigenvalue weighted by atomic mass is 9.78. The van der Waals surface area contributed by atoms with Crippen molar-refractivity contribution in [1.82, 2.24) is 0 Å². The number of nitrogens with two attached hydrogens (primary N) is 2. The van der Waals surface area contributed by atoms with Crippen LogP contribution in [0.15, 0.2) is 24.3 Å². The minimum Gasteiger partial charge on any atom is -0.383 e. The van der Waals surface area contributed by atoms with Crippen molar-refractivity contribution in [2.24, 2.45) is 11.5 Å². The Morgan fingerprint density at radius 2 is 2.06 bits per heavy atom. The third-order valence-electron chi connectivity index (χ3n) is 3.17. The molecule has 4 nitrogen and oxygen atoms in total. The van der Waals surface area contributed by atoms with Gasteiger partial charge in [0.1, 0.15) is 0 Å². The molecule has 0 aliphatic heterocycles. The highest BCUT2D eigenvalue weighted by atomic mass is 16.1. The molecule has 86 valence electrons. The summed E-state index contributed by atoms with van der Waals surface area (Å²) in [5.74, 6) is -0.414. The van der Waals surface area contributed by atoms with E-state index in [1.807, 2.05) is 12.1 Å². The predicted octanol–water partition coefficient (Wildman–Crippen LogP) is 1.08. The molecule has 0 spiro atoms. The van der Waals surface area contributed by atoms with Crippen molar-refractivity contribution in [3.63, 3.8) is 0 Å². The monoisotopic (exact) mass is 219 g/mol. The summed E-state index contributed by atoms with van der Waals surface area (Å²) in [7, 11) is 0. The molecule has 1 fully saturated rings. The maximum atomic E-state index is 11.2. The zero-order valence-corrected chi connectivity index (χ0v) is 9.20. The summed E-state index contributed by atoms with van der Waals surface area (Å²) in [5, 5.41) is 3.21. The fourth-order valence-corrected chi connectivity index (χ4v) is 1.93. The largest absolute Gasteiger partial charge is 0.383 e. The first-order valence-corrected chi connectivity index (χ1v) is 5.52. The van der Waals surface area contributed by atoms with E-state index in [1.165, 1.54) is 6.42 Å². The van der Waals surface area contributed by atoms with Crippen molar-refractivity contribution >= 4 is 11.6 Å². The molecule has 1 aromatic carbocycles. The van der Waals surface area contributed by atoms with E-state index in [4.69, 9.17) is 11.5 Å². The number of primary amides is 1. The number of hydrogen-bond donors (Lipinski definition) is 3. The Hall–Kier alpha value is -1.55. The number of benzene rings is 1. The van der Waals surface area contributed by atoms with Crippen LogP contribution >= 0.6 is 0 Å². The SMILES string of the molecule is NC(=O)c1ccccc1NCC1(N)CCC1. The molecule has 1 aliphatic carbocycles. The Kier molecular flexibility index (Phi) is 2.83. The molecule has 4 heteroatoms. The van der Waals surface area contributed by atoms with E-state index in [9.17, 15) is 4.79 Å². The first kappa shape index (κ1) is 11.0. The molecule has 1 aromatic rings.